The predicted molar refractivity (Wildman–Crippen MR) is 84.9 cm³/mol. The first kappa shape index (κ1) is 14.3. The largest absolute Gasteiger partial charge is 0.345 e. The molecule has 1 fully saturated rings. The zero-order valence-corrected chi connectivity index (χ0v) is 13.5. The van der Waals surface area contributed by atoms with Gasteiger partial charge in [-0.15, -0.1) is 0 Å². The van der Waals surface area contributed by atoms with Crippen molar-refractivity contribution in [1.82, 2.24) is 15.1 Å². The van der Waals surface area contributed by atoms with Crippen LogP contribution < -0.4 is 5.32 Å². The maximum Gasteiger partial charge on any atom is 0.254 e. The molecule has 21 heavy (non-hydrogen) atoms. The second-order valence-corrected chi connectivity index (χ2v) is 6.51. The molecular formula is C16H18BrN3O. The molecule has 1 atom stereocenters. The van der Waals surface area contributed by atoms with E-state index in [1.54, 1.807) is 17.1 Å². The van der Waals surface area contributed by atoms with Crippen LogP contribution in [0.25, 0.3) is 0 Å². The summed E-state index contributed by atoms with van der Waals surface area (Å²) in [5.41, 5.74) is 1.78. The van der Waals surface area contributed by atoms with Crippen LogP contribution in [0.15, 0.2) is 41.1 Å². The van der Waals surface area contributed by atoms with Crippen LogP contribution in [0.1, 0.15) is 41.2 Å². The number of nitrogens with zero attached hydrogens (tertiary/aromatic N) is 2. The molecule has 1 aliphatic carbocycles. The number of aromatic nitrogens is 2. The molecule has 110 valence electrons. The van der Waals surface area contributed by atoms with Gasteiger partial charge in [-0.1, -0.05) is 34.5 Å². The average Bonchev–Trinajstić information content (AvgIpc) is 2.83. The van der Waals surface area contributed by atoms with E-state index in [-0.39, 0.29) is 11.9 Å². The topological polar surface area (TPSA) is 46.9 Å². The standard InChI is InChI=1S/C16H18BrN3O/c1-20-10-13(9-18-20)16(21)19-15(11-3-2-4-11)12-5-7-14(17)8-6-12/h5-11,15H,2-4H2,1H3,(H,19,21). The molecule has 2 aromatic rings. The van der Waals surface area contributed by atoms with E-state index in [2.05, 4.69) is 38.5 Å². The van der Waals surface area contributed by atoms with Gasteiger partial charge in [-0.05, 0) is 36.5 Å². The zero-order valence-electron chi connectivity index (χ0n) is 11.9. The molecule has 1 unspecified atom stereocenters. The minimum absolute atomic E-state index is 0.0529. The van der Waals surface area contributed by atoms with Crippen LogP contribution in [0.5, 0.6) is 0 Å². The fourth-order valence-electron chi connectivity index (χ4n) is 2.68. The number of hydrogen-bond acceptors (Lipinski definition) is 2. The number of carbonyl (C=O) groups excluding carboxylic acids is 1. The highest BCUT2D eigenvalue weighted by molar-refractivity contribution is 9.10. The number of nitrogens with one attached hydrogen (secondary N) is 1. The van der Waals surface area contributed by atoms with E-state index in [0.717, 1.165) is 4.47 Å². The van der Waals surface area contributed by atoms with E-state index >= 15 is 0 Å². The van der Waals surface area contributed by atoms with E-state index in [9.17, 15) is 4.79 Å². The minimum atomic E-state index is -0.0529. The summed E-state index contributed by atoms with van der Waals surface area (Å²) in [6, 6.07) is 8.29. The van der Waals surface area contributed by atoms with Crippen LogP contribution in [0, 0.1) is 5.92 Å². The van der Waals surface area contributed by atoms with Gasteiger partial charge in [0, 0.05) is 17.7 Å². The van der Waals surface area contributed by atoms with Crippen LogP contribution in [0.3, 0.4) is 0 Å². The van der Waals surface area contributed by atoms with Gasteiger partial charge in [0.1, 0.15) is 0 Å². The van der Waals surface area contributed by atoms with Crippen molar-refractivity contribution in [1.29, 1.82) is 0 Å². The van der Waals surface area contributed by atoms with Gasteiger partial charge in [-0.2, -0.15) is 5.10 Å². The number of hydrogen-bond donors (Lipinski definition) is 1. The Bertz CT molecular complexity index is 631. The van der Waals surface area contributed by atoms with Crippen LogP contribution in [-0.2, 0) is 7.05 Å². The monoisotopic (exact) mass is 347 g/mol. The Hall–Kier alpha value is -1.62. The maximum absolute atomic E-state index is 12.4. The summed E-state index contributed by atoms with van der Waals surface area (Å²) in [7, 11) is 1.81. The second-order valence-electron chi connectivity index (χ2n) is 5.60. The van der Waals surface area contributed by atoms with Crippen LogP contribution in [0.4, 0.5) is 0 Å². The highest BCUT2D eigenvalue weighted by Gasteiger charge is 2.30. The lowest BCUT2D eigenvalue weighted by molar-refractivity contribution is 0.0900. The van der Waals surface area contributed by atoms with Crippen LogP contribution in [-0.4, -0.2) is 15.7 Å². The van der Waals surface area contributed by atoms with Crippen LogP contribution in [0.2, 0.25) is 0 Å². The molecule has 0 aliphatic heterocycles. The van der Waals surface area contributed by atoms with Gasteiger partial charge in [0.2, 0.25) is 0 Å². The molecule has 4 nitrogen and oxygen atoms in total. The first-order valence-electron chi connectivity index (χ1n) is 7.18. The molecule has 0 spiro atoms. The van der Waals surface area contributed by atoms with Gasteiger partial charge >= 0.3 is 0 Å². The molecule has 1 amide bonds. The quantitative estimate of drug-likeness (QED) is 0.920. The van der Waals surface area contributed by atoms with Crippen molar-refractivity contribution < 1.29 is 4.79 Å². The molecular weight excluding hydrogens is 330 g/mol. The van der Waals surface area contributed by atoms with Gasteiger partial charge in [0.25, 0.3) is 5.91 Å². The van der Waals surface area contributed by atoms with E-state index in [1.807, 2.05) is 19.2 Å². The molecule has 0 bridgehead atoms. The first-order chi connectivity index (χ1) is 10.1. The van der Waals surface area contributed by atoms with Crippen molar-refractivity contribution in [3.05, 3.63) is 52.3 Å². The third-order valence-corrected chi connectivity index (χ3v) is 4.63. The fraction of sp³-hybridized carbons (Fsp3) is 0.375. The van der Waals surface area contributed by atoms with Gasteiger partial charge < -0.3 is 5.32 Å². The van der Waals surface area contributed by atoms with Crippen molar-refractivity contribution >= 4 is 21.8 Å². The molecule has 1 aromatic heterocycles. The molecule has 1 heterocycles. The Morgan fingerprint density at radius 1 is 1.38 bits per heavy atom. The van der Waals surface area contributed by atoms with Crippen molar-refractivity contribution in [2.75, 3.05) is 0 Å². The van der Waals surface area contributed by atoms with Crippen molar-refractivity contribution in [2.45, 2.75) is 25.3 Å². The molecule has 1 aromatic carbocycles. The van der Waals surface area contributed by atoms with Crippen molar-refractivity contribution in [2.24, 2.45) is 13.0 Å². The lowest BCUT2D eigenvalue weighted by Gasteiger charge is -2.34. The molecule has 0 radical (unpaired) electrons. The lowest BCUT2D eigenvalue weighted by Crippen LogP contribution is -2.36. The van der Waals surface area contributed by atoms with E-state index in [0.29, 0.717) is 11.5 Å². The Kier molecular flexibility index (Phi) is 4.10. The highest BCUT2D eigenvalue weighted by Crippen LogP contribution is 2.38. The van der Waals surface area contributed by atoms with Crippen LogP contribution >= 0.6 is 15.9 Å². The normalized spacial score (nSPS) is 16.3. The Labute approximate surface area is 132 Å². The minimum Gasteiger partial charge on any atom is -0.345 e. The number of halogens is 1. The summed E-state index contributed by atoms with van der Waals surface area (Å²) in [6.07, 6.45) is 6.95. The Morgan fingerprint density at radius 2 is 2.10 bits per heavy atom. The fourth-order valence-corrected chi connectivity index (χ4v) is 2.94. The number of aryl methyl sites for hydroxylation is 1. The number of carbonyl (C=O) groups is 1. The average molecular weight is 348 g/mol. The second kappa shape index (κ2) is 6.02. The molecule has 0 saturated heterocycles. The molecule has 1 aliphatic rings. The number of rotatable bonds is 4. The van der Waals surface area contributed by atoms with E-state index < -0.39 is 0 Å². The third kappa shape index (κ3) is 3.18. The summed E-state index contributed by atoms with van der Waals surface area (Å²) in [6.45, 7) is 0. The summed E-state index contributed by atoms with van der Waals surface area (Å²) in [4.78, 5) is 12.4. The third-order valence-electron chi connectivity index (χ3n) is 4.10. The highest BCUT2D eigenvalue weighted by atomic mass is 79.9. The first-order valence-corrected chi connectivity index (χ1v) is 7.98. The van der Waals surface area contributed by atoms with Gasteiger partial charge in [0.05, 0.1) is 17.8 Å². The number of amides is 1. The van der Waals surface area contributed by atoms with Gasteiger partial charge in [0.15, 0.2) is 0 Å². The van der Waals surface area contributed by atoms with Crippen molar-refractivity contribution in [3.63, 3.8) is 0 Å². The zero-order chi connectivity index (χ0) is 14.8. The smallest absolute Gasteiger partial charge is 0.254 e. The van der Waals surface area contributed by atoms with E-state index in [4.69, 9.17) is 0 Å². The van der Waals surface area contributed by atoms with Crippen molar-refractivity contribution in [3.8, 4) is 0 Å². The SMILES string of the molecule is Cn1cc(C(=O)NC(c2ccc(Br)cc2)C2CCC2)cn1. The predicted octanol–water partition coefficient (Wildman–Crippen LogP) is 3.45. The Balaban J connectivity index is 1.79. The maximum atomic E-state index is 12.4. The Morgan fingerprint density at radius 3 is 2.62 bits per heavy atom. The van der Waals surface area contributed by atoms with Gasteiger partial charge in [-0.3, -0.25) is 9.48 Å². The summed E-state index contributed by atoms with van der Waals surface area (Å²) >= 11 is 3.45. The molecule has 1 N–H and O–H groups in total. The molecule has 3 rings (SSSR count). The summed E-state index contributed by atoms with van der Waals surface area (Å²) in [5, 5.41) is 7.23. The molecule has 1 saturated carbocycles. The summed E-state index contributed by atoms with van der Waals surface area (Å²) < 4.78 is 2.70. The van der Waals surface area contributed by atoms with E-state index in [1.165, 1.54) is 24.8 Å². The van der Waals surface area contributed by atoms with Gasteiger partial charge in [-0.25, -0.2) is 0 Å². The lowest BCUT2D eigenvalue weighted by atomic mass is 9.77. The number of benzene rings is 1. The molecule has 5 heteroatoms. The summed E-state index contributed by atoms with van der Waals surface area (Å²) in [5.74, 6) is 0.481.